The Labute approximate surface area is 130 Å². The number of nitrogens with one attached hydrogen (secondary N) is 1. The highest BCUT2D eigenvalue weighted by Crippen LogP contribution is 2.30. The third-order valence-electron chi connectivity index (χ3n) is 4.05. The van der Waals surface area contributed by atoms with E-state index in [0.717, 1.165) is 35.5 Å². The molecule has 3 N–H and O–H groups in total. The predicted molar refractivity (Wildman–Crippen MR) is 91.2 cm³/mol. The predicted octanol–water partition coefficient (Wildman–Crippen LogP) is 3.65. The molecule has 0 aliphatic heterocycles. The Morgan fingerprint density at radius 2 is 2.05 bits per heavy atom. The Balaban J connectivity index is 2.02. The van der Waals surface area contributed by atoms with Crippen LogP contribution in [0.15, 0.2) is 30.5 Å². The fraction of sp³-hybridized carbons (Fsp3) is 0.294. The summed E-state index contributed by atoms with van der Waals surface area (Å²) in [6.45, 7) is 2.00. The second-order valence-electron chi connectivity index (χ2n) is 5.49. The van der Waals surface area contributed by atoms with Crippen LogP contribution >= 0.6 is 12.2 Å². The van der Waals surface area contributed by atoms with Gasteiger partial charge in [-0.2, -0.15) is 0 Å². The van der Waals surface area contributed by atoms with Crippen LogP contribution in [0.5, 0.6) is 0 Å². The van der Waals surface area contributed by atoms with Crippen LogP contribution < -0.4 is 11.1 Å². The first-order chi connectivity index (χ1) is 10.2. The number of nitrogens with two attached hydrogens (primary N) is 1. The largest absolute Gasteiger partial charge is 0.389 e. The Kier molecular flexibility index (Phi) is 3.88. The van der Waals surface area contributed by atoms with E-state index in [0.29, 0.717) is 4.99 Å². The van der Waals surface area contributed by atoms with Crippen molar-refractivity contribution in [3.05, 3.63) is 52.7 Å². The van der Waals surface area contributed by atoms with Crippen LogP contribution in [-0.2, 0) is 12.8 Å². The van der Waals surface area contributed by atoms with Crippen LogP contribution in [0.4, 0.5) is 11.5 Å². The maximum atomic E-state index is 5.86. The van der Waals surface area contributed by atoms with Crippen molar-refractivity contribution in [2.75, 3.05) is 5.32 Å². The monoisotopic (exact) mass is 297 g/mol. The zero-order valence-electron chi connectivity index (χ0n) is 12.1. The van der Waals surface area contributed by atoms with Crippen LogP contribution in [0.2, 0.25) is 0 Å². The molecule has 0 saturated carbocycles. The van der Waals surface area contributed by atoms with Crippen LogP contribution in [0.1, 0.15) is 35.1 Å². The van der Waals surface area contributed by atoms with E-state index in [1.165, 1.54) is 24.0 Å². The van der Waals surface area contributed by atoms with E-state index in [1.807, 2.05) is 13.0 Å². The van der Waals surface area contributed by atoms with Crippen molar-refractivity contribution in [2.24, 2.45) is 5.73 Å². The van der Waals surface area contributed by atoms with Gasteiger partial charge in [0.15, 0.2) is 0 Å². The topological polar surface area (TPSA) is 50.9 Å². The van der Waals surface area contributed by atoms with Gasteiger partial charge in [0.1, 0.15) is 10.8 Å². The summed E-state index contributed by atoms with van der Waals surface area (Å²) < 4.78 is 0. The molecule has 1 aromatic heterocycles. The summed E-state index contributed by atoms with van der Waals surface area (Å²) in [6, 6.07) is 8.36. The smallest absolute Gasteiger partial charge is 0.140 e. The minimum absolute atomic E-state index is 0.382. The maximum absolute atomic E-state index is 5.86. The number of hydrogen-bond acceptors (Lipinski definition) is 3. The molecule has 1 aromatic carbocycles. The number of thiocarbonyl (C=S) groups is 1. The number of anilines is 2. The first kappa shape index (κ1) is 14.0. The molecule has 0 atom stereocenters. The highest BCUT2D eigenvalue weighted by molar-refractivity contribution is 7.80. The van der Waals surface area contributed by atoms with Gasteiger partial charge >= 0.3 is 0 Å². The van der Waals surface area contributed by atoms with Crippen molar-refractivity contribution in [1.29, 1.82) is 0 Å². The molecule has 1 aliphatic carbocycles. The summed E-state index contributed by atoms with van der Waals surface area (Å²) in [5, 5.41) is 3.44. The number of pyridine rings is 1. The molecule has 0 amide bonds. The lowest BCUT2D eigenvalue weighted by Crippen LogP contribution is -2.15. The van der Waals surface area contributed by atoms with Crippen molar-refractivity contribution >= 4 is 28.7 Å². The van der Waals surface area contributed by atoms with Crippen molar-refractivity contribution in [2.45, 2.75) is 32.6 Å². The summed E-state index contributed by atoms with van der Waals surface area (Å²) in [4.78, 5) is 4.81. The summed E-state index contributed by atoms with van der Waals surface area (Å²) in [5.41, 5.74) is 11.7. The fourth-order valence-corrected chi connectivity index (χ4v) is 3.25. The molecule has 0 saturated heterocycles. The molecule has 0 unspecified atom stereocenters. The molecular formula is C17H19N3S. The van der Waals surface area contributed by atoms with E-state index in [4.69, 9.17) is 18.0 Å². The van der Waals surface area contributed by atoms with Crippen molar-refractivity contribution in [3.8, 4) is 0 Å². The van der Waals surface area contributed by atoms with Gasteiger partial charge in [0, 0.05) is 11.9 Å². The third-order valence-corrected chi connectivity index (χ3v) is 4.26. The standard InChI is InChI=1S/C17H19N3S/c1-11-9-10-19-17(15(11)16(18)21)20-14-8-4-6-12-5-2-3-7-13(12)14/h4,6,8-10H,2-3,5,7H2,1H3,(H2,18,21)(H,19,20). The van der Waals surface area contributed by atoms with Crippen LogP contribution in [0.3, 0.4) is 0 Å². The zero-order chi connectivity index (χ0) is 14.8. The van der Waals surface area contributed by atoms with Gasteiger partial charge in [-0.05, 0) is 61.4 Å². The van der Waals surface area contributed by atoms with Crippen molar-refractivity contribution in [1.82, 2.24) is 4.98 Å². The molecular weight excluding hydrogens is 278 g/mol. The fourth-order valence-electron chi connectivity index (χ4n) is 2.99. The van der Waals surface area contributed by atoms with Gasteiger partial charge in [-0.3, -0.25) is 0 Å². The van der Waals surface area contributed by atoms with Gasteiger partial charge in [0.2, 0.25) is 0 Å². The number of hydrogen-bond donors (Lipinski definition) is 2. The zero-order valence-corrected chi connectivity index (χ0v) is 13.0. The van der Waals surface area contributed by atoms with Crippen LogP contribution in [0, 0.1) is 6.92 Å². The molecule has 1 heterocycles. The van der Waals surface area contributed by atoms with Crippen molar-refractivity contribution in [3.63, 3.8) is 0 Å². The lowest BCUT2D eigenvalue weighted by Gasteiger charge is -2.21. The Hall–Kier alpha value is -1.94. The molecule has 2 aromatic rings. The summed E-state index contributed by atoms with van der Waals surface area (Å²) in [6.07, 6.45) is 6.59. The van der Waals surface area contributed by atoms with E-state index in [1.54, 1.807) is 6.20 Å². The maximum Gasteiger partial charge on any atom is 0.140 e. The SMILES string of the molecule is Cc1ccnc(Nc2cccc3c2CCCC3)c1C(N)=S. The number of aromatic nitrogens is 1. The molecule has 1 aliphatic rings. The van der Waals surface area contributed by atoms with E-state index in [-0.39, 0.29) is 0 Å². The second-order valence-corrected chi connectivity index (χ2v) is 5.93. The van der Waals surface area contributed by atoms with Gasteiger partial charge in [-0.15, -0.1) is 0 Å². The quantitative estimate of drug-likeness (QED) is 0.849. The Morgan fingerprint density at radius 3 is 2.86 bits per heavy atom. The number of aryl methyl sites for hydroxylation is 2. The molecule has 3 nitrogen and oxygen atoms in total. The van der Waals surface area contributed by atoms with E-state index in [2.05, 4.69) is 28.5 Å². The van der Waals surface area contributed by atoms with Gasteiger partial charge in [0.05, 0.1) is 5.56 Å². The highest BCUT2D eigenvalue weighted by atomic mass is 32.1. The molecule has 0 fully saturated rings. The third kappa shape index (κ3) is 2.76. The second kappa shape index (κ2) is 5.82. The number of rotatable bonds is 3. The first-order valence-electron chi connectivity index (χ1n) is 7.30. The lowest BCUT2D eigenvalue weighted by molar-refractivity contribution is 0.687. The summed E-state index contributed by atoms with van der Waals surface area (Å²) >= 11 is 5.17. The van der Waals surface area contributed by atoms with Gasteiger partial charge in [-0.1, -0.05) is 24.4 Å². The number of fused-ring (bicyclic) bond motifs is 1. The van der Waals surface area contributed by atoms with Crippen LogP contribution in [0.25, 0.3) is 0 Å². The average molecular weight is 297 g/mol. The van der Waals surface area contributed by atoms with Gasteiger partial charge < -0.3 is 11.1 Å². The normalized spacial score (nSPS) is 13.6. The highest BCUT2D eigenvalue weighted by Gasteiger charge is 2.15. The Morgan fingerprint density at radius 1 is 1.24 bits per heavy atom. The number of nitrogens with zero attached hydrogens (tertiary/aromatic N) is 1. The minimum Gasteiger partial charge on any atom is -0.389 e. The molecule has 108 valence electrons. The average Bonchev–Trinajstić information content (AvgIpc) is 2.47. The minimum atomic E-state index is 0.382. The molecule has 0 spiro atoms. The first-order valence-corrected chi connectivity index (χ1v) is 7.71. The molecule has 0 radical (unpaired) electrons. The molecule has 3 rings (SSSR count). The molecule has 0 bridgehead atoms. The molecule has 21 heavy (non-hydrogen) atoms. The summed E-state index contributed by atoms with van der Waals surface area (Å²) in [5.74, 6) is 0.751. The lowest BCUT2D eigenvalue weighted by atomic mass is 9.90. The van der Waals surface area contributed by atoms with E-state index in [9.17, 15) is 0 Å². The van der Waals surface area contributed by atoms with Gasteiger partial charge in [-0.25, -0.2) is 4.98 Å². The van der Waals surface area contributed by atoms with Crippen molar-refractivity contribution < 1.29 is 0 Å². The Bertz CT molecular complexity index is 694. The summed E-state index contributed by atoms with van der Waals surface area (Å²) in [7, 11) is 0. The number of benzene rings is 1. The van der Waals surface area contributed by atoms with E-state index >= 15 is 0 Å². The molecule has 4 heteroatoms. The van der Waals surface area contributed by atoms with E-state index < -0.39 is 0 Å². The van der Waals surface area contributed by atoms with Crippen LogP contribution in [-0.4, -0.2) is 9.97 Å². The van der Waals surface area contributed by atoms with Gasteiger partial charge in [0.25, 0.3) is 0 Å².